The number of ether oxygens (including phenoxy) is 2. The summed E-state index contributed by atoms with van der Waals surface area (Å²) in [5.41, 5.74) is 0.158. The molecule has 0 atom stereocenters. The minimum Gasteiger partial charge on any atom is -0.382 e. The standard InChI is InChI=1S/C12H23IO2/c1-3-11-4-6-12(10-13,7-5-11)15-9-8-14-2/h11H,3-10H2,1-2H3. The van der Waals surface area contributed by atoms with Crippen LogP contribution in [-0.4, -0.2) is 30.4 Å². The summed E-state index contributed by atoms with van der Waals surface area (Å²) in [5.74, 6) is 0.937. The van der Waals surface area contributed by atoms with Crippen molar-refractivity contribution in [2.45, 2.75) is 44.6 Å². The Kier molecular flexibility index (Phi) is 6.46. The van der Waals surface area contributed by atoms with Crippen molar-refractivity contribution in [3.63, 3.8) is 0 Å². The maximum Gasteiger partial charge on any atom is 0.0772 e. The minimum atomic E-state index is 0.158. The van der Waals surface area contributed by atoms with E-state index in [1.165, 1.54) is 32.1 Å². The molecule has 2 nitrogen and oxygen atoms in total. The summed E-state index contributed by atoms with van der Waals surface area (Å²) in [6, 6.07) is 0. The van der Waals surface area contributed by atoms with Gasteiger partial charge in [-0.05, 0) is 31.6 Å². The molecule has 0 aromatic rings. The van der Waals surface area contributed by atoms with Crippen molar-refractivity contribution in [3.8, 4) is 0 Å². The van der Waals surface area contributed by atoms with Crippen LogP contribution >= 0.6 is 22.6 Å². The van der Waals surface area contributed by atoms with E-state index in [9.17, 15) is 0 Å². The van der Waals surface area contributed by atoms with Gasteiger partial charge in [0.15, 0.2) is 0 Å². The van der Waals surface area contributed by atoms with Gasteiger partial charge in [-0.2, -0.15) is 0 Å². The molecule has 0 radical (unpaired) electrons. The molecule has 15 heavy (non-hydrogen) atoms. The first-order chi connectivity index (χ1) is 7.26. The number of hydrogen-bond donors (Lipinski definition) is 0. The fourth-order valence-corrected chi connectivity index (χ4v) is 3.25. The molecule has 0 aromatic carbocycles. The molecular formula is C12H23IO2. The highest BCUT2D eigenvalue weighted by Crippen LogP contribution is 2.37. The second-order valence-electron chi connectivity index (χ2n) is 4.51. The van der Waals surface area contributed by atoms with Crippen molar-refractivity contribution in [1.82, 2.24) is 0 Å². The highest BCUT2D eigenvalue weighted by molar-refractivity contribution is 14.1. The molecule has 0 spiro atoms. The molecule has 0 saturated heterocycles. The second-order valence-corrected chi connectivity index (χ2v) is 5.27. The van der Waals surface area contributed by atoms with Crippen LogP contribution in [0.3, 0.4) is 0 Å². The molecule has 1 aliphatic rings. The summed E-state index contributed by atoms with van der Waals surface area (Å²) < 4.78 is 12.2. The van der Waals surface area contributed by atoms with Crippen molar-refractivity contribution >= 4 is 22.6 Å². The lowest BCUT2D eigenvalue weighted by Crippen LogP contribution is -2.39. The first kappa shape index (κ1) is 13.7. The molecule has 1 fully saturated rings. The van der Waals surface area contributed by atoms with Gasteiger partial charge in [0.1, 0.15) is 0 Å². The van der Waals surface area contributed by atoms with Crippen molar-refractivity contribution < 1.29 is 9.47 Å². The van der Waals surface area contributed by atoms with Gasteiger partial charge in [-0.3, -0.25) is 0 Å². The number of alkyl halides is 1. The molecule has 0 heterocycles. The van der Waals surface area contributed by atoms with Gasteiger partial charge in [-0.1, -0.05) is 35.9 Å². The predicted molar refractivity (Wildman–Crippen MR) is 71.7 cm³/mol. The third-order valence-electron chi connectivity index (χ3n) is 3.53. The van der Waals surface area contributed by atoms with E-state index in [4.69, 9.17) is 9.47 Å². The molecule has 0 aromatic heterocycles. The van der Waals surface area contributed by atoms with Crippen LogP contribution in [0.25, 0.3) is 0 Å². The molecule has 90 valence electrons. The Morgan fingerprint density at radius 1 is 1.27 bits per heavy atom. The van der Waals surface area contributed by atoms with E-state index < -0.39 is 0 Å². The van der Waals surface area contributed by atoms with Gasteiger partial charge >= 0.3 is 0 Å². The average Bonchev–Trinajstić information content (AvgIpc) is 2.30. The van der Waals surface area contributed by atoms with E-state index in [0.29, 0.717) is 0 Å². The van der Waals surface area contributed by atoms with Crippen LogP contribution in [-0.2, 0) is 9.47 Å². The summed E-state index contributed by atoms with van der Waals surface area (Å²) >= 11 is 2.46. The normalized spacial score (nSPS) is 31.8. The quantitative estimate of drug-likeness (QED) is 0.423. The Bertz CT molecular complexity index is 159. The smallest absolute Gasteiger partial charge is 0.0772 e. The van der Waals surface area contributed by atoms with Crippen LogP contribution in [0.4, 0.5) is 0 Å². The van der Waals surface area contributed by atoms with Crippen LogP contribution < -0.4 is 0 Å². The lowest BCUT2D eigenvalue weighted by atomic mass is 9.79. The molecule has 1 rings (SSSR count). The lowest BCUT2D eigenvalue weighted by molar-refractivity contribution is -0.0735. The minimum absolute atomic E-state index is 0.158. The highest BCUT2D eigenvalue weighted by Gasteiger charge is 2.34. The fourth-order valence-electron chi connectivity index (χ4n) is 2.27. The van der Waals surface area contributed by atoms with Crippen LogP contribution in [0.15, 0.2) is 0 Å². The Hall–Kier alpha value is 0.650. The molecule has 3 heteroatoms. The zero-order valence-electron chi connectivity index (χ0n) is 9.93. The van der Waals surface area contributed by atoms with Crippen LogP contribution in [0.2, 0.25) is 0 Å². The third-order valence-corrected chi connectivity index (χ3v) is 4.92. The van der Waals surface area contributed by atoms with E-state index in [-0.39, 0.29) is 5.60 Å². The van der Waals surface area contributed by atoms with Gasteiger partial charge in [0, 0.05) is 11.5 Å². The van der Waals surface area contributed by atoms with Crippen LogP contribution in [0.5, 0.6) is 0 Å². The van der Waals surface area contributed by atoms with Crippen molar-refractivity contribution in [1.29, 1.82) is 0 Å². The van der Waals surface area contributed by atoms with E-state index in [2.05, 4.69) is 29.5 Å². The van der Waals surface area contributed by atoms with Gasteiger partial charge in [0.25, 0.3) is 0 Å². The summed E-state index contributed by atoms with van der Waals surface area (Å²) in [5, 5.41) is 0. The molecule has 1 saturated carbocycles. The lowest BCUT2D eigenvalue weighted by Gasteiger charge is -2.38. The summed E-state index contributed by atoms with van der Waals surface area (Å²) in [7, 11) is 1.73. The SMILES string of the molecule is CCC1CCC(CI)(OCCOC)CC1. The third kappa shape index (κ3) is 4.19. The Balaban J connectivity index is 2.34. The van der Waals surface area contributed by atoms with E-state index in [1.54, 1.807) is 7.11 Å². The largest absolute Gasteiger partial charge is 0.382 e. The maximum atomic E-state index is 6.02. The van der Waals surface area contributed by atoms with Gasteiger partial charge in [-0.25, -0.2) is 0 Å². The molecule has 0 N–H and O–H groups in total. The first-order valence-corrected chi connectivity index (χ1v) is 7.48. The summed E-state index contributed by atoms with van der Waals surface area (Å²) in [6.07, 6.45) is 6.48. The van der Waals surface area contributed by atoms with E-state index in [1.807, 2.05) is 0 Å². The Labute approximate surface area is 107 Å². The number of hydrogen-bond acceptors (Lipinski definition) is 2. The molecule has 0 amide bonds. The van der Waals surface area contributed by atoms with Crippen molar-refractivity contribution in [2.24, 2.45) is 5.92 Å². The molecule has 0 unspecified atom stereocenters. The van der Waals surface area contributed by atoms with Crippen molar-refractivity contribution in [3.05, 3.63) is 0 Å². The summed E-state index contributed by atoms with van der Waals surface area (Å²) in [6.45, 7) is 3.76. The fraction of sp³-hybridized carbons (Fsp3) is 1.00. The van der Waals surface area contributed by atoms with E-state index in [0.717, 1.165) is 23.6 Å². The topological polar surface area (TPSA) is 18.5 Å². The van der Waals surface area contributed by atoms with Crippen LogP contribution in [0.1, 0.15) is 39.0 Å². The van der Waals surface area contributed by atoms with Crippen LogP contribution in [0, 0.1) is 5.92 Å². The van der Waals surface area contributed by atoms with Gasteiger partial charge < -0.3 is 9.47 Å². The van der Waals surface area contributed by atoms with Gasteiger partial charge in [0.05, 0.1) is 18.8 Å². The maximum absolute atomic E-state index is 6.02. The number of rotatable bonds is 6. The predicted octanol–water partition coefficient (Wildman–Crippen LogP) is 3.42. The monoisotopic (exact) mass is 326 g/mol. The van der Waals surface area contributed by atoms with Crippen molar-refractivity contribution in [2.75, 3.05) is 24.8 Å². The molecule has 0 aliphatic heterocycles. The zero-order chi connectivity index (χ0) is 11.1. The van der Waals surface area contributed by atoms with Gasteiger partial charge in [-0.15, -0.1) is 0 Å². The average molecular weight is 326 g/mol. The molecule has 1 aliphatic carbocycles. The van der Waals surface area contributed by atoms with E-state index >= 15 is 0 Å². The Morgan fingerprint density at radius 3 is 2.40 bits per heavy atom. The first-order valence-electron chi connectivity index (χ1n) is 5.95. The highest BCUT2D eigenvalue weighted by atomic mass is 127. The number of halogens is 1. The zero-order valence-corrected chi connectivity index (χ0v) is 12.1. The second kappa shape index (κ2) is 7.07. The molecule has 0 bridgehead atoms. The summed E-state index contributed by atoms with van der Waals surface area (Å²) in [4.78, 5) is 0. The van der Waals surface area contributed by atoms with Gasteiger partial charge in [0.2, 0.25) is 0 Å². The molecular weight excluding hydrogens is 303 g/mol. The number of methoxy groups -OCH3 is 1. The Morgan fingerprint density at radius 2 is 1.93 bits per heavy atom.